The largest absolute Gasteiger partial charge is 0.343 e. The van der Waals surface area contributed by atoms with Crippen molar-refractivity contribution in [1.29, 1.82) is 0 Å². The summed E-state index contributed by atoms with van der Waals surface area (Å²) in [6.07, 6.45) is 2.01. The quantitative estimate of drug-likeness (QED) is 0.915. The minimum atomic E-state index is 0.396. The van der Waals surface area contributed by atoms with Crippen molar-refractivity contribution in [2.45, 2.75) is 38.1 Å². The lowest BCUT2D eigenvalue weighted by Crippen LogP contribution is -2.44. The smallest absolute Gasteiger partial charge is 0.185 e. The molecule has 3 unspecified atom stereocenters. The average Bonchev–Trinajstić information content (AvgIpc) is 2.81. The summed E-state index contributed by atoms with van der Waals surface area (Å²) in [5.41, 5.74) is 0. The summed E-state index contributed by atoms with van der Waals surface area (Å²) in [6.45, 7) is 7.91. The second kappa shape index (κ2) is 5.59. The fraction of sp³-hybridized carbons (Fsp3) is 0.750. The molecule has 1 N–H and O–H groups in total. The summed E-state index contributed by atoms with van der Waals surface area (Å²) >= 11 is 3.89. The predicted molar refractivity (Wildman–Crippen MR) is 78.3 cm³/mol. The summed E-state index contributed by atoms with van der Waals surface area (Å²) in [6, 6.07) is 0.978. The maximum atomic E-state index is 4.59. The molecule has 1 aromatic heterocycles. The van der Waals surface area contributed by atoms with Gasteiger partial charge in [-0.1, -0.05) is 6.92 Å². The zero-order valence-corrected chi connectivity index (χ0v) is 12.6. The van der Waals surface area contributed by atoms with Crippen molar-refractivity contribution < 1.29 is 0 Å². The van der Waals surface area contributed by atoms with E-state index in [4.69, 9.17) is 0 Å². The molecule has 0 aliphatic carbocycles. The van der Waals surface area contributed by atoms with E-state index in [1.54, 1.807) is 0 Å². The molecule has 0 spiro atoms. The third kappa shape index (κ3) is 2.77. The van der Waals surface area contributed by atoms with Gasteiger partial charge in [0, 0.05) is 40.7 Å². The molecule has 17 heavy (non-hydrogen) atoms. The molecule has 1 saturated heterocycles. The standard InChI is InChI=1S/C12H21N3S2/c1-8(13-4)11-7-14-12(17-11)15-5-6-16-10(3)9(15)2/h7-10,13H,5-6H2,1-4H3. The third-order valence-corrected chi connectivity index (χ3v) is 6.06. The van der Waals surface area contributed by atoms with Crippen LogP contribution in [0, 0.1) is 0 Å². The number of hydrogen-bond acceptors (Lipinski definition) is 5. The number of thiazole rings is 1. The molecular formula is C12H21N3S2. The highest BCUT2D eigenvalue weighted by molar-refractivity contribution is 8.00. The van der Waals surface area contributed by atoms with Gasteiger partial charge in [-0.15, -0.1) is 11.3 Å². The number of thioether (sulfide) groups is 1. The summed E-state index contributed by atoms with van der Waals surface area (Å²) in [5.74, 6) is 1.21. The van der Waals surface area contributed by atoms with E-state index in [0.717, 1.165) is 6.54 Å². The summed E-state index contributed by atoms with van der Waals surface area (Å²) in [5, 5.41) is 5.14. The lowest BCUT2D eigenvalue weighted by Gasteiger charge is -2.37. The van der Waals surface area contributed by atoms with Gasteiger partial charge in [0.1, 0.15) is 0 Å². The predicted octanol–water partition coefficient (Wildman–Crippen LogP) is 2.75. The van der Waals surface area contributed by atoms with Gasteiger partial charge in [-0.05, 0) is 20.9 Å². The molecule has 96 valence electrons. The number of anilines is 1. The molecule has 1 aliphatic heterocycles. The number of rotatable bonds is 3. The number of nitrogens with zero attached hydrogens (tertiary/aromatic N) is 2. The molecule has 0 aromatic carbocycles. The highest BCUT2D eigenvalue weighted by Gasteiger charge is 2.27. The van der Waals surface area contributed by atoms with Gasteiger partial charge in [0.2, 0.25) is 0 Å². The molecule has 0 radical (unpaired) electrons. The maximum absolute atomic E-state index is 4.59. The van der Waals surface area contributed by atoms with Crippen LogP contribution in [0.4, 0.5) is 5.13 Å². The lowest BCUT2D eigenvalue weighted by atomic mass is 10.2. The lowest BCUT2D eigenvalue weighted by molar-refractivity contribution is 0.626. The first-order valence-corrected chi connectivity index (χ1v) is 8.01. The molecule has 3 nitrogen and oxygen atoms in total. The van der Waals surface area contributed by atoms with Gasteiger partial charge in [0.15, 0.2) is 5.13 Å². The van der Waals surface area contributed by atoms with Crippen molar-refractivity contribution in [2.75, 3.05) is 24.2 Å². The van der Waals surface area contributed by atoms with Crippen LogP contribution in [0.5, 0.6) is 0 Å². The average molecular weight is 271 g/mol. The van der Waals surface area contributed by atoms with Crippen molar-refractivity contribution in [3.63, 3.8) is 0 Å². The van der Waals surface area contributed by atoms with Crippen molar-refractivity contribution in [2.24, 2.45) is 0 Å². The van der Waals surface area contributed by atoms with E-state index in [2.05, 4.69) is 47.7 Å². The molecule has 3 atom stereocenters. The second-order valence-corrected chi connectivity index (χ2v) is 7.09. The Labute approximate surface area is 112 Å². The normalized spacial score (nSPS) is 27.2. The Kier molecular flexibility index (Phi) is 4.33. The SMILES string of the molecule is CNC(C)c1cnc(N2CCSC(C)C2C)s1. The van der Waals surface area contributed by atoms with Gasteiger partial charge in [-0.3, -0.25) is 0 Å². The molecule has 5 heteroatoms. The molecule has 1 aliphatic rings. The van der Waals surface area contributed by atoms with E-state index in [1.807, 2.05) is 24.6 Å². The minimum Gasteiger partial charge on any atom is -0.343 e. The van der Waals surface area contributed by atoms with Gasteiger partial charge in [0.25, 0.3) is 0 Å². The fourth-order valence-corrected chi connectivity index (χ4v) is 4.15. The van der Waals surface area contributed by atoms with Gasteiger partial charge in [-0.2, -0.15) is 11.8 Å². The first kappa shape index (κ1) is 13.2. The van der Waals surface area contributed by atoms with E-state index in [9.17, 15) is 0 Å². The van der Waals surface area contributed by atoms with Crippen LogP contribution in [0.15, 0.2) is 6.20 Å². The second-order valence-electron chi connectivity index (χ2n) is 4.57. The van der Waals surface area contributed by atoms with Crippen molar-refractivity contribution in [3.05, 3.63) is 11.1 Å². The van der Waals surface area contributed by atoms with E-state index in [0.29, 0.717) is 17.3 Å². The van der Waals surface area contributed by atoms with Crippen molar-refractivity contribution in [3.8, 4) is 0 Å². The van der Waals surface area contributed by atoms with Crippen LogP contribution in [0.1, 0.15) is 31.7 Å². The summed E-state index contributed by atoms with van der Waals surface area (Å²) in [4.78, 5) is 8.36. The first-order chi connectivity index (χ1) is 8.13. The van der Waals surface area contributed by atoms with Crippen LogP contribution in [0.2, 0.25) is 0 Å². The van der Waals surface area contributed by atoms with Crippen LogP contribution in [0.3, 0.4) is 0 Å². The Morgan fingerprint density at radius 1 is 1.53 bits per heavy atom. The van der Waals surface area contributed by atoms with Crippen molar-refractivity contribution in [1.82, 2.24) is 10.3 Å². The highest BCUT2D eigenvalue weighted by atomic mass is 32.2. The molecule has 0 bridgehead atoms. The Morgan fingerprint density at radius 3 is 3.00 bits per heavy atom. The zero-order valence-electron chi connectivity index (χ0n) is 10.9. The molecule has 2 heterocycles. The Morgan fingerprint density at radius 2 is 2.29 bits per heavy atom. The molecule has 1 aromatic rings. The first-order valence-electron chi connectivity index (χ1n) is 6.14. The third-order valence-electron chi connectivity index (χ3n) is 3.50. The monoisotopic (exact) mass is 271 g/mol. The molecule has 0 saturated carbocycles. The number of hydrogen-bond donors (Lipinski definition) is 1. The Bertz CT molecular complexity index is 366. The van der Waals surface area contributed by atoms with Crippen LogP contribution in [0.25, 0.3) is 0 Å². The number of nitrogens with one attached hydrogen (secondary N) is 1. The van der Waals surface area contributed by atoms with E-state index in [-0.39, 0.29) is 0 Å². The van der Waals surface area contributed by atoms with Gasteiger partial charge < -0.3 is 10.2 Å². The fourth-order valence-electron chi connectivity index (χ4n) is 1.96. The molecule has 0 amide bonds. The Hall–Kier alpha value is -0.260. The Balaban J connectivity index is 2.13. The molecule has 2 rings (SSSR count). The van der Waals surface area contributed by atoms with Crippen LogP contribution >= 0.6 is 23.1 Å². The van der Waals surface area contributed by atoms with E-state index < -0.39 is 0 Å². The van der Waals surface area contributed by atoms with Crippen LogP contribution < -0.4 is 10.2 Å². The van der Waals surface area contributed by atoms with E-state index in [1.165, 1.54) is 15.8 Å². The topological polar surface area (TPSA) is 28.2 Å². The van der Waals surface area contributed by atoms with Crippen LogP contribution in [-0.4, -0.2) is 35.6 Å². The van der Waals surface area contributed by atoms with Crippen molar-refractivity contribution >= 4 is 28.2 Å². The summed E-state index contributed by atoms with van der Waals surface area (Å²) in [7, 11) is 1.99. The van der Waals surface area contributed by atoms with Gasteiger partial charge >= 0.3 is 0 Å². The molecule has 1 fully saturated rings. The van der Waals surface area contributed by atoms with E-state index >= 15 is 0 Å². The summed E-state index contributed by atoms with van der Waals surface area (Å²) < 4.78 is 0. The zero-order chi connectivity index (χ0) is 12.4. The highest BCUT2D eigenvalue weighted by Crippen LogP contribution is 2.33. The maximum Gasteiger partial charge on any atom is 0.185 e. The van der Waals surface area contributed by atoms with Crippen LogP contribution in [-0.2, 0) is 0 Å². The molecular weight excluding hydrogens is 250 g/mol. The number of aromatic nitrogens is 1. The minimum absolute atomic E-state index is 0.396. The van der Waals surface area contributed by atoms with Gasteiger partial charge in [-0.25, -0.2) is 4.98 Å². The van der Waals surface area contributed by atoms with Gasteiger partial charge in [0.05, 0.1) is 0 Å².